The van der Waals surface area contributed by atoms with Crippen molar-refractivity contribution in [1.29, 1.82) is 0 Å². The standard InChI is InChI=1S/C21H26N4O4/c1-27-15-8-7-14(19(28-2)20(15)29-3)21(26)11-5-4-6-16(21)23-17-9-10-18-22-12-13-25(18)24-17/h7-10,12-13,16,26H,4-6,11H2,1-3H3,(H,23,24). The lowest BCUT2D eigenvalue weighted by Gasteiger charge is -2.41. The fraction of sp³-hybridized carbons (Fsp3) is 0.429. The largest absolute Gasteiger partial charge is 0.493 e. The number of anilines is 1. The molecule has 2 aromatic heterocycles. The van der Waals surface area contributed by atoms with E-state index in [0.717, 1.165) is 24.9 Å². The number of rotatable bonds is 6. The molecule has 1 aliphatic rings. The van der Waals surface area contributed by atoms with Crippen molar-refractivity contribution in [3.8, 4) is 17.2 Å². The van der Waals surface area contributed by atoms with Crippen molar-refractivity contribution in [1.82, 2.24) is 14.6 Å². The molecule has 2 unspecified atom stereocenters. The normalized spacial score (nSPS) is 21.7. The molecule has 0 saturated heterocycles. The quantitative estimate of drug-likeness (QED) is 0.660. The van der Waals surface area contributed by atoms with Gasteiger partial charge in [0.2, 0.25) is 5.75 Å². The molecule has 0 spiro atoms. The summed E-state index contributed by atoms with van der Waals surface area (Å²) in [5.74, 6) is 2.20. The third-order valence-electron chi connectivity index (χ3n) is 5.63. The Labute approximate surface area is 169 Å². The van der Waals surface area contributed by atoms with Crippen molar-refractivity contribution in [3.05, 3.63) is 42.2 Å². The number of aromatic nitrogens is 3. The zero-order valence-corrected chi connectivity index (χ0v) is 16.9. The summed E-state index contributed by atoms with van der Waals surface area (Å²) < 4.78 is 18.3. The van der Waals surface area contributed by atoms with Crippen LogP contribution in [0.1, 0.15) is 31.2 Å². The average molecular weight is 398 g/mol. The van der Waals surface area contributed by atoms with Crippen LogP contribution in [0.4, 0.5) is 5.82 Å². The number of nitrogens with zero attached hydrogens (tertiary/aromatic N) is 3. The molecule has 3 aromatic rings. The molecule has 4 rings (SSSR count). The van der Waals surface area contributed by atoms with Crippen LogP contribution in [-0.2, 0) is 5.60 Å². The molecule has 0 bridgehead atoms. The lowest BCUT2D eigenvalue weighted by atomic mass is 9.75. The Bertz CT molecular complexity index is 1010. The van der Waals surface area contributed by atoms with Crippen molar-refractivity contribution in [2.24, 2.45) is 0 Å². The number of aliphatic hydroxyl groups is 1. The Kier molecular flexibility index (Phi) is 5.19. The molecule has 2 atom stereocenters. The highest BCUT2D eigenvalue weighted by Gasteiger charge is 2.43. The van der Waals surface area contributed by atoms with Crippen LogP contribution in [0.3, 0.4) is 0 Å². The van der Waals surface area contributed by atoms with Gasteiger partial charge in [0.1, 0.15) is 11.4 Å². The average Bonchev–Trinajstić information content (AvgIpc) is 3.22. The molecular formula is C21H26N4O4. The Morgan fingerprint density at radius 2 is 1.90 bits per heavy atom. The molecule has 8 heteroatoms. The van der Waals surface area contributed by atoms with Gasteiger partial charge in [0, 0.05) is 18.0 Å². The summed E-state index contributed by atoms with van der Waals surface area (Å²) in [6, 6.07) is 7.19. The minimum atomic E-state index is -1.14. The van der Waals surface area contributed by atoms with E-state index >= 15 is 0 Å². The van der Waals surface area contributed by atoms with Crippen molar-refractivity contribution >= 4 is 11.5 Å². The van der Waals surface area contributed by atoms with E-state index in [2.05, 4.69) is 15.4 Å². The first-order valence-electron chi connectivity index (χ1n) is 9.69. The predicted molar refractivity (Wildman–Crippen MR) is 109 cm³/mol. The Balaban J connectivity index is 1.73. The number of hydrogen-bond donors (Lipinski definition) is 2. The topological polar surface area (TPSA) is 90.1 Å². The van der Waals surface area contributed by atoms with E-state index in [9.17, 15) is 5.11 Å². The van der Waals surface area contributed by atoms with Crippen LogP contribution in [0, 0.1) is 0 Å². The third kappa shape index (κ3) is 3.33. The van der Waals surface area contributed by atoms with Gasteiger partial charge in [-0.3, -0.25) is 0 Å². The van der Waals surface area contributed by atoms with Gasteiger partial charge in [0.25, 0.3) is 0 Å². The maximum Gasteiger partial charge on any atom is 0.203 e. The summed E-state index contributed by atoms with van der Waals surface area (Å²) >= 11 is 0. The molecule has 1 aliphatic carbocycles. The van der Waals surface area contributed by atoms with Crippen molar-refractivity contribution in [2.45, 2.75) is 37.3 Å². The minimum absolute atomic E-state index is 0.239. The van der Waals surface area contributed by atoms with Crippen molar-refractivity contribution in [2.75, 3.05) is 26.6 Å². The number of fused-ring (bicyclic) bond motifs is 1. The highest BCUT2D eigenvalue weighted by molar-refractivity contribution is 5.58. The van der Waals surface area contributed by atoms with Crippen LogP contribution in [0.2, 0.25) is 0 Å². The maximum absolute atomic E-state index is 11.8. The second kappa shape index (κ2) is 7.79. The maximum atomic E-state index is 11.8. The summed E-state index contributed by atoms with van der Waals surface area (Å²) in [6.45, 7) is 0. The van der Waals surface area contributed by atoms with Gasteiger partial charge in [0.05, 0.1) is 27.4 Å². The van der Waals surface area contributed by atoms with Crippen LogP contribution < -0.4 is 19.5 Å². The summed E-state index contributed by atoms with van der Waals surface area (Å²) in [7, 11) is 4.72. The second-order valence-corrected chi connectivity index (χ2v) is 7.20. The van der Waals surface area contributed by atoms with Crippen LogP contribution in [0.15, 0.2) is 36.7 Å². The Morgan fingerprint density at radius 1 is 1.07 bits per heavy atom. The first-order valence-corrected chi connectivity index (χ1v) is 9.69. The summed E-state index contributed by atoms with van der Waals surface area (Å²) in [5, 5.41) is 19.8. The zero-order valence-electron chi connectivity index (χ0n) is 16.9. The van der Waals surface area contributed by atoms with Crippen LogP contribution in [-0.4, -0.2) is 47.1 Å². The molecule has 0 radical (unpaired) electrons. The van der Waals surface area contributed by atoms with E-state index in [-0.39, 0.29) is 6.04 Å². The van der Waals surface area contributed by atoms with Crippen molar-refractivity contribution in [3.63, 3.8) is 0 Å². The molecular weight excluding hydrogens is 372 g/mol. The first-order chi connectivity index (χ1) is 14.1. The van der Waals surface area contributed by atoms with Gasteiger partial charge >= 0.3 is 0 Å². The lowest BCUT2D eigenvalue weighted by Crippen LogP contribution is -2.47. The number of hydrogen-bond acceptors (Lipinski definition) is 7. The van der Waals surface area contributed by atoms with Gasteiger partial charge in [0.15, 0.2) is 17.1 Å². The fourth-order valence-electron chi connectivity index (χ4n) is 4.18. The molecule has 2 heterocycles. The number of benzene rings is 1. The zero-order chi connectivity index (χ0) is 20.4. The van der Waals surface area contributed by atoms with Gasteiger partial charge in [-0.2, -0.15) is 0 Å². The van der Waals surface area contributed by atoms with Gasteiger partial charge in [-0.05, 0) is 37.1 Å². The van der Waals surface area contributed by atoms with Gasteiger partial charge in [-0.1, -0.05) is 12.8 Å². The van der Waals surface area contributed by atoms with E-state index in [1.165, 1.54) is 0 Å². The molecule has 1 fully saturated rings. The second-order valence-electron chi connectivity index (χ2n) is 7.20. The molecule has 2 N–H and O–H groups in total. The third-order valence-corrected chi connectivity index (χ3v) is 5.63. The van der Waals surface area contributed by atoms with Crippen LogP contribution in [0.5, 0.6) is 17.2 Å². The molecule has 29 heavy (non-hydrogen) atoms. The number of imidazole rings is 1. The summed E-state index contributed by atoms with van der Waals surface area (Å²) in [4.78, 5) is 4.22. The number of methoxy groups -OCH3 is 3. The molecule has 1 saturated carbocycles. The van der Waals surface area contributed by atoms with E-state index in [4.69, 9.17) is 14.2 Å². The van der Waals surface area contributed by atoms with E-state index in [1.807, 2.05) is 18.2 Å². The Hall–Kier alpha value is -3.00. The van der Waals surface area contributed by atoms with Crippen LogP contribution >= 0.6 is 0 Å². The molecule has 154 valence electrons. The molecule has 1 aromatic carbocycles. The van der Waals surface area contributed by atoms with E-state index < -0.39 is 5.60 Å². The summed E-state index contributed by atoms with van der Waals surface area (Å²) in [5.41, 5.74) is 0.309. The summed E-state index contributed by atoms with van der Waals surface area (Å²) in [6.07, 6.45) is 6.84. The molecule has 8 nitrogen and oxygen atoms in total. The molecule has 0 aliphatic heterocycles. The van der Waals surface area contributed by atoms with Gasteiger partial charge < -0.3 is 24.6 Å². The van der Waals surface area contributed by atoms with E-state index in [0.29, 0.717) is 35.1 Å². The minimum Gasteiger partial charge on any atom is -0.493 e. The SMILES string of the molecule is COc1ccc(C2(O)CCCCC2Nc2ccc3nccn3n2)c(OC)c1OC. The van der Waals surface area contributed by atoms with Crippen molar-refractivity contribution < 1.29 is 19.3 Å². The Morgan fingerprint density at radius 3 is 2.66 bits per heavy atom. The number of ether oxygens (including phenoxy) is 3. The van der Waals surface area contributed by atoms with Gasteiger partial charge in [-0.25, -0.2) is 9.50 Å². The fourth-order valence-corrected chi connectivity index (χ4v) is 4.18. The van der Waals surface area contributed by atoms with Crippen LogP contribution in [0.25, 0.3) is 5.65 Å². The first kappa shape index (κ1) is 19.3. The number of nitrogens with one attached hydrogen (secondary N) is 1. The lowest BCUT2D eigenvalue weighted by molar-refractivity contribution is -0.0146. The molecule has 0 amide bonds. The highest BCUT2D eigenvalue weighted by atomic mass is 16.5. The monoisotopic (exact) mass is 398 g/mol. The highest BCUT2D eigenvalue weighted by Crippen LogP contribution is 2.48. The van der Waals surface area contributed by atoms with E-state index in [1.54, 1.807) is 44.3 Å². The smallest absolute Gasteiger partial charge is 0.203 e. The predicted octanol–water partition coefficient (Wildman–Crippen LogP) is 3.00. The van der Waals surface area contributed by atoms with Gasteiger partial charge in [-0.15, -0.1) is 5.10 Å².